The van der Waals surface area contributed by atoms with Gasteiger partial charge >= 0.3 is 6.36 Å². The molecule has 4 rings (SSSR count). The molecule has 1 aliphatic heterocycles. The maximum atomic E-state index is 12.5. The Morgan fingerprint density at radius 2 is 1.87 bits per heavy atom. The van der Waals surface area contributed by atoms with Crippen molar-refractivity contribution in [2.24, 2.45) is 0 Å². The zero-order chi connectivity index (χ0) is 21.8. The predicted molar refractivity (Wildman–Crippen MR) is 109 cm³/mol. The van der Waals surface area contributed by atoms with E-state index in [1.807, 2.05) is 0 Å². The highest BCUT2D eigenvalue weighted by Crippen LogP contribution is 2.28. The Balaban J connectivity index is 1.41. The summed E-state index contributed by atoms with van der Waals surface area (Å²) < 4.78 is 49.0. The van der Waals surface area contributed by atoms with Gasteiger partial charge in [-0.05, 0) is 31.7 Å². The summed E-state index contributed by atoms with van der Waals surface area (Å²) in [6, 6.07) is 9.24. The molecule has 31 heavy (non-hydrogen) atoms. The number of alkyl halides is 3. The van der Waals surface area contributed by atoms with Gasteiger partial charge < -0.3 is 19.3 Å². The number of hydrogen-bond donors (Lipinski definition) is 0. The van der Waals surface area contributed by atoms with Crippen molar-refractivity contribution in [1.29, 1.82) is 0 Å². The highest BCUT2D eigenvalue weighted by atomic mass is 19.4. The largest absolute Gasteiger partial charge is 0.573 e. The van der Waals surface area contributed by atoms with E-state index < -0.39 is 6.36 Å². The molecule has 3 aromatic rings. The van der Waals surface area contributed by atoms with Crippen molar-refractivity contribution in [3.8, 4) is 22.9 Å². The van der Waals surface area contributed by atoms with Crippen LogP contribution in [-0.4, -0.2) is 77.1 Å². The molecule has 10 heteroatoms. The van der Waals surface area contributed by atoms with Gasteiger partial charge in [-0.2, -0.15) is 0 Å². The number of ether oxygens (including phenoxy) is 2. The second kappa shape index (κ2) is 9.11. The van der Waals surface area contributed by atoms with Crippen LogP contribution in [0.4, 0.5) is 13.2 Å². The van der Waals surface area contributed by atoms with Crippen molar-refractivity contribution in [2.75, 3.05) is 46.4 Å². The fraction of sp³-hybridized carbons (Fsp3) is 0.429. The SMILES string of the molecule is CN1CCN(CCCOc2ccc3ncc(-c4cccc(OC(F)(F)F)c4)n3n2)CC1. The molecule has 0 N–H and O–H groups in total. The number of rotatable bonds is 7. The fourth-order valence-corrected chi connectivity index (χ4v) is 3.52. The first-order valence-electron chi connectivity index (χ1n) is 10.1. The first kappa shape index (κ1) is 21.4. The van der Waals surface area contributed by atoms with Gasteiger partial charge in [0.15, 0.2) is 5.65 Å². The molecule has 0 spiro atoms. The molecule has 1 aliphatic rings. The zero-order valence-corrected chi connectivity index (χ0v) is 17.2. The van der Waals surface area contributed by atoms with E-state index in [1.54, 1.807) is 28.9 Å². The predicted octanol–water partition coefficient (Wildman–Crippen LogP) is 3.31. The van der Waals surface area contributed by atoms with Crippen molar-refractivity contribution in [3.63, 3.8) is 0 Å². The Kier molecular flexibility index (Phi) is 6.28. The maximum Gasteiger partial charge on any atom is 0.573 e. The molecule has 0 saturated carbocycles. The maximum absolute atomic E-state index is 12.5. The molecule has 0 bridgehead atoms. The molecular formula is C21H24F3N5O2. The Morgan fingerprint density at radius 1 is 1.06 bits per heavy atom. The number of piperazine rings is 1. The van der Waals surface area contributed by atoms with Crippen LogP contribution in [0.2, 0.25) is 0 Å². The van der Waals surface area contributed by atoms with Gasteiger partial charge in [-0.3, -0.25) is 0 Å². The minimum absolute atomic E-state index is 0.295. The van der Waals surface area contributed by atoms with Gasteiger partial charge in [-0.1, -0.05) is 12.1 Å². The monoisotopic (exact) mass is 435 g/mol. The average molecular weight is 435 g/mol. The zero-order valence-electron chi connectivity index (χ0n) is 17.2. The molecular weight excluding hydrogens is 411 g/mol. The van der Waals surface area contributed by atoms with Crippen LogP contribution in [0.15, 0.2) is 42.6 Å². The van der Waals surface area contributed by atoms with Crippen LogP contribution in [0.3, 0.4) is 0 Å². The number of hydrogen-bond acceptors (Lipinski definition) is 6. The van der Waals surface area contributed by atoms with Crippen LogP contribution in [-0.2, 0) is 0 Å². The number of fused-ring (bicyclic) bond motifs is 1. The molecule has 0 unspecified atom stereocenters. The smallest absolute Gasteiger partial charge is 0.477 e. The lowest BCUT2D eigenvalue weighted by Crippen LogP contribution is -2.44. The van der Waals surface area contributed by atoms with Crippen LogP contribution < -0.4 is 9.47 Å². The van der Waals surface area contributed by atoms with Crippen molar-refractivity contribution in [2.45, 2.75) is 12.8 Å². The summed E-state index contributed by atoms with van der Waals surface area (Å²) in [6.07, 6.45) is -2.30. The molecule has 7 nitrogen and oxygen atoms in total. The lowest BCUT2D eigenvalue weighted by molar-refractivity contribution is -0.274. The fourth-order valence-electron chi connectivity index (χ4n) is 3.52. The van der Waals surface area contributed by atoms with Gasteiger partial charge in [-0.25, -0.2) is 9.50 Å². The molecule has 0 atom stereocenters. The summed E-state index contributed by atoms with van der Waals surface area (Å²) in [5.74, 6) is 0.143. The van der Waals surface area contributed by atoms with Gasteiger partial charge in [0.1, 0.15) is 5.75 Å². The molecule has 1 aromatic carbocycles. The van der Waals surface area contributed by atoms with Gasteiger partial charge in [0.05, 0.1) is 18.5 Å². The first-order chi connectivity index (χ1) is 14.9. The van der Waals surface area contributed by atoms with Gasteiger partial charge in [-0.15, -0.1) is 18.3 Å². The number of halogens is 3. The normalized spacial score (nSPS) is 16.0. The summed E-state index contributed by atoms with van der Waals surface area (Å²) >= 11 is 0. The standard InChI is InChI=1S/C21H24F3N5O2/c1-27-9-11-28(12-10-27)8-3-13-30-20-7-6-19-25-15-18(29(19)26-20)16-4-2-5-17(14-16)31-21(22,23)24/h2,4-7,14-15H,3,8-13H2,1H3. The van der Waals surface area contributed by atoms with Crippen LogP contribution in [0.1, 0.15) is 6.42 Å². The van der Waals surface area contributed by atoms with Crippen LogP contribution in [0.5, 0.6) is 11.6 Å². The van der Waals surface area contributed by atoms with Gasteiger partial charge in [0, 0.05) is 44.4 Å². The van der Waals surface area contributed by atoms with E-state index in [1.165, 1.54) is 18.2 Å². The van der Waals surface area contributed by atoms with Gasteiger partial charge in [0.2, 0.25) is 5.88 Å². The van der Waals surface area contributed by atoms with E-state index in [4.69, 9.17) is 4.74 Å². The Labute approximate surface area is 178 Å². The summed E-state index contributed by atoms with van der Waals surface area (Å²) in [7, 11) is 2.13. The second-order valence-corrected chi connectivity index (χ2v) is 7.51. The summed E-state index contributed by atoms with van der Waals surface area (Å²) in [4.78, 5) is 9.02. The molecule has 2 aromatic heterocycles. The van der Waals surface area contributed by atoms with Crippen LogP contribution in [0, 0.1) is 0 Å². The van der Waals surface area contributed by atoms with E-state index >= 15 is 0 Å². The third-order valence-corrected chi connectivity index (χ3v) is 5.17. The minimum atomic E-state index is -4.75. The van der Waals surface area contributed by atoms with Crippen molar-refractivity contribution < 1.29 is 22.6 Å². The van der Waals surface area contributed by atoms with Crippen molar-refractivity contribution in [1.82, 2.24) is 24.4 Å². The second-order valence-electron chi connectivity index (χ2n) is 7.51. The Hall–Kier alpha value is -2.85. The molecule has 3 heterocycles. The lowest BCUT2D eigenvalue weighted by Gasteiger charge is -2.32. The number of benzene rings is 1. The molecule has 0 aliphatic carbocycles. The lowest BCUT2D eigenvalue weighted by atomic mass is 10.1. The summed E-state index contributed by atoms with van der Waals surface area (Å²) in [5, 5.41) is 4.46. The Bertz CT molecular complexity index is 1020. The van der Waals surface area contributed by atoms with E-state index in [0.29, 0.717) is 29.4 Å². The molecule has 0 radical (unpaired) electrons. The molecule has 1 saturated heterocycles. The van der Waals surface area contributed by atoms with E-state index in [-0.39, 0.29) is 5.75 Å². The van der Waals surface area contributed by atoms with E-state index in [9.17, 15) is 13.2 Å². The topological polar surface area (TPSA) is 55.1 Å². The van der Waals surface area contributed by atoms with Crippen LogP contribution in [0.25, 0.3) is 16.9 Å². The van der Waals surface area contributed by atoms with Gasteiger partial charge in [0.25, 0.3) is 0 Å². The third-order valence-electron chi connectivity index (χ3n) is 5.17. The average Bonchev–Trinajstić information content (AvgIpc) is 3.15. The van der Waals surface area contributed by atoms with Crippen LogP contribution >= 0.6 is 0 Å². The molecule has 1 fully saturated rings. The number of aromatic nitrogens is 3. The number of likely N-dealkylation sites (N-methyl/N-ethyl adjacent to an activating group) is 1. The third kappa shape index (κ3) is 5.65. The Morgan fingerprint density at radius 3 is 2.65 bits per heavy atom. The summed E-state index contributed by atoms with van der Waals surface area (Å²) in [5.41, 5.74) is 1.63. The molecule has 166 valence electrons. The quantitative estimate of drug-likeness (QED) is 0.531. The number of nitrogens with zero attached hydrogens (tertiary/aromatic N) is 5. The highest BCUT2D eigenvalue weighted by Gasteiger charge is 2.31. The minimum Gasteiger partial charge on any atom is -0.477 e. The first-order valence-corrected chi connectivity index (χ1v) is 10.1. The molecule has 0 amide bonds. The number of imidazole rings is 1. The van der Waals surface area contributed by atoms with E-state index in [0.717, 1.165) is 39.1 Å². The van der Waals surface area contributed by atoms with Crippen molar-refractivity contribution in [3.05, 3.63) is 42.6 Å². The van der Waals surface area contributed by atoms with Crippen molar-refractivity contribution >= 4 is 5.65 Å². The summed E-state index contributed by atoms with van der Waals surface area (Å²) in [6.45, 7) is 5.80. The van der Waals surface area contributed by atoms with E-state index in [2.05, 4.69) is 31.7 Å². The highest BCUT2D eigenvalue weighted by molar-refractivity contribution is 5.64.